The molecule has 0 aromatic heterocycles. The molecule has 1 aromatic rings. The summed E-state index contributed by atoms with van der Waals surface area (Å²) in [5.74, 6) is -0.421. The van der Waals surface area contributed by atoms with E-state index in [9.17, 15) is 4.79 Å². The number of rotatable bonds is 4. The number of halogens is 3. The van der Waals surface area contributed by atoms with Gasteiger partial charge in [0.05, 0.1) is 23.8 Å². The number of benzene rings is 1. The van der Waals surface area contributed by atoms with Gasteiger partial charge in [-0.3, -0.25) is 4.90 Å². The normalized spacial score (nSPS) is 15.5. The zero-order valence-corrected chi connectivity index (χ0v) is 13.0. The van der Waals surface area contributed by atoms with E-state index in [1.807, 2.05) is 0 Å². The summed E-state index contributed by atoms with van der Waals surface area (Å²) in [5.41, 5.74) is 0.341. The summed E-state index contributed by atoms with van der Waals surface area (Å²) in [6.07, 6.45) is 0. The third-order valence-electron chi connectivity index (χ3n) is 2.90. The molecule has 1 saturated heterocycles. The molecular formula is C13H15Cl3NO3-. The lowest BCUT2D eigenvalue weighted by atomic mass is 10.2. The van der Waals surface area contributed by atoms with Gasteiger partial charge in [-0.1, -0.05) is 23.2 Å². The minimum Gasteiger partial charge on any atom is -1.00 e. The number of nitrogens with zero attached hydrogens (tertiary/aromatic N) is 1. The second-order valence-corrected chi connectivity index (χ2v) is 5.06. The highest BCUT2D eigenvalue weighted by molar-refractivity contribution is 6.36. The van der Waals surface area contributed by atoms with Crippen LogP contribution in [-0.4, -0.2) is 50.3 Å². The smallest absolute Gasteiger partial charge is 0.339 e. The van der Waals surface area contributed by atoms with Gasteiger partial charge in [0.25, 0.3) is 0 Å². The lowest BCUT2D eigenvalue weighted by Crippen LogP contribution is -3.00. The van der Waals surface area contributed by atoms with Crippen molar-refractivity contribution in [2.24, 2.45) is 0 Å². The predicted molar refractivity (Wildman–Crippen MR) is 74.0 cm³/mol. The van der Waals surface area contributed by atoms with Crippen molar-refractivity contribution in [3.63, 3.8) is 0 Å². The molecule has 7 heteroatoms. The molecule has 0 aliphatic carbocycles. The fraction of sp³-hybridized carbons (Fsp3) is 0.462. The van der Waals surface area contributed by atoms with Gasteiger partial charge in [0.1, 0.15) is 6.61 Å². The summed E-state index contributed by atoms with van der Waals surface area (Å²) in [4.78, 5) is 14.0. The topological polar surface area (TPSA) is 38.8 Å². The predicted octanol–water partition coefficient (Wildman–Crippen LogP) is -0.514. The number of hydrogen-bond donors (Lipinski definition) is 0. The maximum absolute atomic E-state index is 11.8. The zero-order chi connectivity index (χ0) is 13.7. The molecule has 0 amide bonds. The molecule has 1 fully saturated rings. The van der Waals surface area contributed by atoms with E-state index in [-0.39, 0.29) is 12.4 Å². The van der Waals surface area contributed by atoms with Crippen LogP contribution in [-0.2, 0) is 9.47 Å². The van der Waals surface area contributed by atoms with E-state index in [0.29, 0.717) is 28.8 Å². The van der Waals surface area contributed by atoms with Gasteiger partial charge in [0.15, 0.2) is 0 Å². The molecule has 0 radical (unpaired) electrons. The maximum Gasteiger partial charge on any atom is 0.339 e. The molecule has 0 saturated carbocycles. The van der Waals surface area contributed by atoms with Gasteiger partial charge in [0, 0.05) is 24.7 Å². The van der Waals surface area contributed by atoms with Crippen LogP contribution in [0, 0.1) is 0 Å². The van der Waals surface area contributed by atoms with Gasteiger partial charge < -0.3 is 21.9 Å². The van der Waals surface area contributed by atoms with Crippen molar-refractivity contribution in [3.05, 3.63) is 33.8 Å². The van der Waals surface area contributed by atoms with Crippen molar-refractivity contribution in [3.8, 4) is 0 Å². The van der Waals surface area contributed by atoms with Crippen LogP contribution in [0.15, 0.2) is 18.2 Å². The Labute approximate surface area is 134 Å². The van der Waals surface area contributed by atoms with Crippen LogP contribution < -0.4 is 12.4 Å². The molecule has 0 unspecified atom stereocenters. The maximum atomic E-state index is 11.8. The summed E-state index contributed by atoms with van der Waals surface area (Å²) in [6, 6.07) is 4.72. The number of hydrogen-bond acceptors (Lipinski definition) is 4. The molecule has 1 heterocycles. The van der Waals surface area contributed by atoms with Crippen LogP contribution in [0.2, 0.25) is 10.0 Å². The number of ether oxygens (including phenoxy) is 2. The monoisotopic (exact) mass is 338 g/mol. The number of carbonyl (C=O) groups is 1. The van der Waals surface area contributed by atoms with Crippen LogP contribution in [0.1, 0.15) is 10.4 Å². The van der Waals surface area contributed by atoms with Crippen molar-refractivity contribution in [2.45, 2.75) is 0 Å². The molecule has 0 bridgehead atoms. The summed E-state index contributed by atoms with van der Waals surface area (Å²) < 4.78 is 10.4. The summed E-state index contributed by atoms with van der Waals surface area (Å²) >= 11 is 11.7. The Balaban J connectivity index is 0.00000200. The second kappa shape index (κ2) is 8.70. The number of morpholine rings is 1. The quantitative estimate of drug-likeness (QED) is 0.693. The highest BCUT2D eigenvalue weighted by Crippen LogP contribution is 2.21. The first-order valence-electron chi connectivity index (χ1n) is 6.09. The SMILES string of the molecule is O=C(OCCN1CCOCC1)c1ccc(Cl)cc1Cl.[Cl-]. The molecule has 0 atom stereocenters. The van der Waals surface area contributed by atoms with E-state index >= 15 is 0 Å². The summed E-state index contributed by atoms with van der Waals surface area (Å²) in [6.45, 7) is 4.27. The first-order valence-corrected chi connectivity index (χ1v) is 6.84. The average Bonchev–Trinajstić information content (AvgIpc) is 2.39. The van der Waals surface area contributed by atoms with Crippen LogP contribution in [0.4, 0.5) is 0 Å². The molecule has 20 heavy (non-hydrogen) atoms. The van der Waals surface area contributed by atoms with Gasteiger partial charge in [0.2, 0.25) is 0 Å². The molecule has 4 nitrogen and oxygen atoms in total. The minimum atomic E-state index is -0.421. The largest absolute Gasteiger partial charge is 1.00 e. The first-order chi connectivity index (χ1) is 9.16. The Kier molecular flexibility index (Phi) is 7.62. The van der Waals surface area contributed by atoms with Crippen LogP contribution in [0.25, 0.3) is 0 Å². The highest BCUT2D eigenvalue weighted by Gasteiger charge is 2.14. The first kappa shape index (κ1) is 17.5. The Hall–Kier alpha value is -0.520. The molecule has 1 aliphatic heterocycles. The van der Waals surface area contributed by atoms with Gasteiger partial charge in [-0.2, -0.15) is 0 Å². The minimum absolute atomic E-state index is 0. The third-order valence-corrected chi connectivity index (χ3v) is 3.44. The Bertz CT molecular complexity index is 450. The van der Waals surface area contributed by atoms with Gasteiger partial charge in [-0.05, 0) is 18.2 Å². The average molecular weight is 340 g/mol. The van der Waals surface area contributed by atoms with Crippen LogP contribution >= 0.6 is 23.2 Å². The van der Waals surface area contributed by atoms with Gasteiger partial charge >= 0.3 is 5.97 Å². The van der Waals surface area contributed by atoms with Gasteiger partial charge in [-0.25, -0.2) is 4.79 Å². The van der Waals surface area contributed by atoms with Crippen molar-refractivity contribution < 1.29 is 26.7 Å². The number of carbonyl (C=O) groups excluding carboxylic acids is 1. The van der Waals surface area contributed by atoms with Crippen molar-refractivity contribution in [1.29, 1.82) is 0 Å². The fourth-order valence-electron chi connectivity index (χ4n) is 1.82. The molecule has 0 spiro atoms. The van der Waals surface area contributed by atoms with Crippen molar-refractivity contribution in [1.82, 2.24) is 4.90 Å². The molecular weight excluding hydrogens is 325 g/mol. The Morgan fingerprint density at radius 2 is 2.00 bits per heavy atom. The van der Waals surface area contributed by atoms with Crippen LogP contribution in [0.5, 0.6) is 0 Å². The van der Waals surface area contributed by atoms with E-state index in [2.05, 4.69) is 4.90 Å². The van der Waals surface area contributed by atoms with E-state index in [1.165, 1.54) is 6.07 Å². The molecule has 1 aromatic carbocycles. The molecule has 1 aliphatic rings. The second-order valence-electron chi connectivity index (χ2n) is 4.21. The lowest BCUT2D eigenvalue weighted by molar-refractivity contribution is -0.0000368. The van der Waals surface area contributed by atoms with E-state index in [0.717, 1.165) is 26.3 Å². The van der Waals surface area contributed by atoms with E-state index < -0.39 is 5.97 Å². The van der Waals surface area contributed by atoms with E-state index in [1.54, 1.807) is 12.1 Å². The molecule has 0 N–H and O–H groups in total. The van der Waals surface area contributed by atoms with Crippen molar-refractivity contribution in [2.75, 3.05) is 39.5 Å². The summed E-state index contributed by atoms with van der Waals surface area (Å²) in [5, 5.41) is 0.804. The molecule has 112 valence electrons. The Morgan fingerprint density at radius 3 is 2.65 bits per heavy atom. The highest BCUT2D eigenvalue weighted by atomic mass is 35.5. The number of esters is 1. The third kappa shape index (κ3) is 5.11. The van der Waals surface area contributed by atoms with Crippen LogP contribution in [0.3, 0.4) is 0 Å². The fourth-order valence-corrected chi connectivity index (χ4v) is 2.31. The lowest BCUT2D eigenvalue weighted by Gasteiger charge is -2.26. The summed E-state index contributed by atoms with van der Waals surface area (Å²) in [7, 11) is 0. The van der Waals surface area contributed by atoms with E-state index in [4.69, 9.17) is 32.7 Å². The molecule has 2 rings (SSSR count). The Morgan fingerprint density at radius 1 is 1.30 bits per heavy atom. The van der Waals surface area contributed by atoms with Crippen molar-refractivity contribution >= 4 is 29.2 Å². The standard InChI is InChI=1S/C13H15Cl2NO3.ClH/c14-10-1-2-11(12(15)9-10)13(17)19-8-5-16-3-6-18-7-4-16;/h1-2,9H,3-8H2;1H/p-1. The zero-order valence-electron chi connectivity index (χ0n) is 10.8. The van der Waals surface area contributed by atoms with Gasteiger partial charge in [-0.15, -0.1) is 0 Å².